The van der Waals surface area contributed by atoms with Crippen LogP contribution in [0.3, 0.4) is 0 Å². The fraction of sp³-hybridized carbons (Fsp3) is 0. The van der Waals surface area contributed by atoms with E-state index in [4.69, 9.17) is 0 Å². The third-order valence-corrected chi connectivity index (χ3v) is 7.88. The van der Waals surface area contributed by atoms with Gasteiger partial charge in [-0.3, -0.25) is 0 Å². The highest BCUT2D eigenvalue weighted by Gasteiger charge is 2.27. The van der Waals surface area contributed by atoms with Gasteiger partial charge in [-0.15, -0.1) is 0 Å². The normalized spacial score (nSPS) is 10.7. The number of rotatable bonds is 4. The Morgan fingerprint density at radius 2 is 0.700 bits per heavy atom. The summed E-state index contributed by atoms with van der Waals surface area (Å²) in [5, 5.41) is 4.18. The molecule has 0 aliphatic rings. The standard InChI is InChI=1S/C29H22P/c1-5-13-23(14-6-1)26-21-28(24-15-7-2-8-16-24)30(27-19-11-4-12-20-27)29(22-26)25-17-9-3-10-18-25/h1-22H/q+1. The van der Waals surface area contributed by atoms with Crippen molar-refractivity contribution in [2.45, 2.75) is 0 Å². The summed E-state index contributed by atoms with van der Waals surface area (Å²) in [6.07, 6.45) is 0. The fourth-order valence-corrected chi connectivity index (χ4v) is 6.53. The van der Waals surface area contributed by atoms with Crippen LogP contribution in [0.1, 0.15) is 0 Å². The first-order chi connectivity index (χ1) is 14.9. The van der Waals surface area contributed by atoms with Crippen molar-refractivity contribution >= 4 is 7.53 Å². The highest BCUT2D eigenvalue weighted by atomic mass is 31.1. The van der Waals surface area contributed by atoms with Gasteiger partial charge in [0.25, 0.3) is 0 Å². The maximum atomic E-state index is 2.40. The summed E-state index contributed by atoms with van der Waals surface area (Å²) in [5.74, 6) is 0. The predicted octanol–water partition coefficient (Wildman–Crippen LogP) is 8.94. The maximum absolute atomic E-state index is 2.40. The lowest BCUT2D eigenvalue weighted by atomic mass is 10.0. The van der Waals surface area contributed by atoms with Gasteiger partial charge in [0, 0.05) is 11.1 Å². The van der Waals surface area contributed by atoms with Crippen molar-refractivity contribution < 1.29 is 0 Å². The first-order valence-corrected chi connectivity index (χ1v) is 11.6. The molecule has 0 amide bonds. The molecule has 0 atom stereocenters. The molecule has 0 fully saturated rings. The molecule has 0 radical (unpaired) electrons. The lowest BCUT2D eigenvalue weighted by molar-refractivity contribution is 1.62. The Morgan fingerprint density at radius 1 is 0.333 bits per heavy atom. The van der Waals surface area contributed by atoms with Crippen LogP contribution in [0.5, 0.6) is 0 Å². The molecule has 5 rings (SSSR count). The van der Waals surface area contributed by atoms with Gasteiger partial charge in [-0.1, -0.05) is 109 Å². The summed E-state index contributed by atoms with van der Waals surface area (Å²) in [5.41, 5.74) is 5.11. The minimum atomic E-state index is -0.662. The van der Waals surface area contributed by atoms with E-state index in [0.717, 1.165) is 0 Å². The van der Waals surface area contributed by atoms with Crippen LogP contribution >= 0.6 is 7.53 Å². The van der Waals surface area contributed by atoms with Gasteiger partial charge < -0.3 is 0 Å². The molecule has 0 N–H and O–H groups in total. The Morgan fingerprint density at radius 3 is 1.13 bits per heavy atom. The third kappa shape index (κ3) is 3.71. The van der Waals surface area contributed by atoms with Gasteiger partial charge in [-0.05, 0) is 35.4 Å². The number of hydrogen-bond acceptors (Lipinski definition) is 0. The van der Waals surface area contributed by atoms with Crippen LogP contribution < -0.4 is 0 Å². The third-order valence-electron chi connectivity index (χ3n) is 5.33. The van der Waals surface area contributed by atoms with Gasteiger partial charge in [-0.25, -0.2) is 0 Å². The molecule has 1 heterocycles. The van der Waals surface area contributed by atoms with Crippen molar-refractivity contribution in [2.75, 3.05) is 0 Å². The van der Waals surface area contributed by atoms with E-state index >= 15 is 0 Å². The average molecular weight is 401 g/mol. The van der Waals surface area contributed by atoms with E-state index in [1.165, 1.54) is 38.1 Å². The number of benzene rings is 4. The van der Waals surface area contributed by atoms with Crippen LogP contribution in [0.4, 0.5) is 0 Å². The van der Waals surface area contributed by atoms with Crippen LogP contribution in [-0.4, -0.2) is 0 Å². The maximum Gasteiger partial charge on any atom is 0.179 e. The molecule has 0 spiro atoms. The average Bonchev–Trinajstić information content (AvgIpc) is 2.85. The molecule has 0 bridgehead atoms. The summed E-state index contributed by atoms with van der Waals surface area (Å²) in [6, 6.07) is 48.1. The van der Waals surface area contributed by atoms with Crippen LogP contribution in [0.2, 0.25) is 0 Å². The van der Waals surface area contributed by atoms with Gasteiger partial charge in [-0.2, -0.15) is 0 Å². The molecule has 1 aromatic heterocycles. The molecule has 0 saturated heterocycles. The van der Waals surface area contributed by atoms with E-state index in [1.807, 2.05) is 0 Å². The lowest BCUT2D eigenvalue weighted by Gasteiger charge is -2.10. The van der Waals surface area contributed by atoms with Crippen LogP contribution in [0.25, 0.3) is 38.1 Å². The minimum absolute atomic E-state index is 0.662. The molecule has 0 saturated carbocycles. The van der Waals surface area contributed by atoms with E-state index in [9.17, 15) is 0 Å². The molecule has 142 valence electrons. The SMILES string of the molecule is c1ccc(-c2cc(-c3ccccc3)[p+](-c3ccccc3)c(-c3ccccc3)c2)cc1. The van der Waals surface area contributed by atoms with Crippen LogP contribution in [-0.2, 0) is 0 Å². The zero-order chi connectivity index (χ0) is 20.2. The summed E-state index contributed by atoms with van der Waals surface area (Å²) in [7, 11) is -0.662. The first kappa shape index (κ1) is 18.6. The molecular formula is C29H22P+. The van der Waals surface area contributed by atoms with E-state index in [-0.39, 0.29) is 0 Å². The van der Waals surface area contributed by atoms with E-state index in [0.29, 0.717) is 0 Å². The van der Waals surface area contributed by atoms with Crippen LogP contribution in [0.15, 0.2) is 133 Å². The molecule has 5 aromatic rings. The summed E-state index contributed by atoms with van der Waals surface area (Å²) >= 11 is 0. The Hall–Kier alpha value is -3.47. The largest absolute Gasteiger partial charge is 0.179 e. The molecule has 30 heavy (non-hydrogen) atoms. The van der Waals surface area contributed by atoms with Crippen molar-refractivity contribution in [3.8, 4) is 38.1 Å². The van der Waals surface area contributed by atoms with Gasteiger partial charge >= 0.3 is 0 Å². The lowest BCUT2D eigenvalue weighted by Crippen LogP contribution is -1.86. The first-order valence-electron chi connectivity index (χ1n) is 10.2. The molecule has 4 aromatic carbocycles. The van der Waals surface area contributed by atoms with E-state index in [2.05, 4.69) is 133 Å². The zero-order valence-electron chi connectivity index (χ0n) is 16.6. The van der Waals surface area contributed by atoms with Crippen molar-refractivity contribution in [2.24, 2.45) is 0 Å². The van der Waals surface area contributed by atoms with Crippen molar-refractivity contribution in [1.82, 2.24) is 0 Å². The second-order valence-corrected chi connectivity index (χ2v) is 9.43. The summed E-state index contributed by atoms with van der Waals surface area (Å²) in [6.45, 7) is 0. The molecule has 0 aliphatic heterocycles. The Kier molecular flexibility index (Phi) is 5.25. The molecule has 1 heteroatoms. The smallest absolute Gasteiger partial charge is 0.0622 e. The minimum Gasteiger partial charge on any atom is -0.0622 e. The highest BCUT2D eigenvalue weighted by molar-refractivity contribution is 7.63. The van der Waals surface area contributed by atoms with Crippen molar-refractivity contribution in [1.29, 1.82) is 0 Å². The van der Waals surface area contributed by atoms with E-state index in [1.54, 1.807) is 0 Å². The molecule has 0 unspecified atom stereocenters. The molecule has 0 nitrogen and oxygen atoms in total. The quantitative estimate of drug-likeness (QED) is 0.282. The van der Waals surface area contributed by atoms with Crippen LogP contribution in [0, 0.1) is 0 Å². The van der Waals surface area contributed by atoms with Gasteiger partial charge in [0.2, 0.25) is 0 Å². The second kappa shape index (κ2) is 8.49. The second-order valence-electron chi connectivity index (χ2n) is 7.28. The van der Waals surface area contributed by atoms with Crippen molar-refractivity contribution in [3.63, 3.8) is 0 Å². The summed E-state index contributed by atoms with van der Waals surface area (Å²) < 4.78 is 0. The molecular weight excluding hydrogens is 379 g/mol. The highest BCUT2D eigenvalue weighted by Crippen LogP contribution is 2.56. The Labute approximate surface area is 179 Å². The Balaban J connectivity index is 1.88. The fourth-order valence-electron chi connectivity index (χ4n) is 3.89. The van der Waals surface area contributed by atoms with Crippen molar-refractivity contribution in [3.05, 3.63) is 133 Å². The Bertz CT molecular complexity index is 1180. The summed E-state index contributed by atoms with van der Waals surface area (Å²) in [4.78, 5) is 0. The van der Waals surface area contributed by atoms with E-state index < -0.39 is 7.53 Å². The zero-order valence-corrected chi connectivity index (χ0v) is 17.5. The molecule has 0 aliphatic carbocycles. The van der Waals surface area contributed by atoms with Gasteiger partial charge in [0.1, 0.15) is 0 Å². The topological polar surface area (TPSA) is 0 Å². The van der Waals surface area contributed by atoms with Gasteiger partial charge in [0.05, 0.1) is 0 Å². The monoisotopic (exact) mass is 401 g/mol. The van der Waals surface area contributed by atoms with Gasteiger partial charge in [0.15, 0.2) is 23.4 Å². The number of hydrogen-bond donors (Lipinski definition) is 0. The predicted molar refractivity (Wildman–Crippen MR) is 131 cm³/mol.